The molecule has 3 N–H and O–H groups in total. The lowest BCUT2D eigenvalue weighted by atomic mass is 9.98. The van der Waals surface area contributed by atoms with Crippen molar-refractivity contribution in [2.75, 3.05) is 18.6 Å². The van der Waals surface area contributed by atoms with E-state index in [0.717, 1.165) is 22.3 Å². The number of fused-ring (bicyclic) bond motifs is 3. The number of ether oxygens (including phenoxy) is 1. The van der Waals surface area contributed by atoms with E-state index < -0.39 is 30.1 Å². The van der Waals surface area contributed by atoms with Gasteiger partial charge in [0.2, 0.25) is 5.91 Å². The van der Waals surface area contributed by atoms with E-state index in [4.69, 9.17) is 4.74 Å². The molecule has 0 saturated carbocycles. The second-order valence-corrected chi connectivity index (χ2v) is 10.2. The summed E-state index contributed by atoms with van der Waals surface area (Å²) in [5, 5.41) is 14.7. The molecule has 2 amide bonds. The summed E-state index contributed by atoms with van der Waals surface area (Å²) in [4.78, 5) is 37.2. The van der Waals surface area contributed by atoms with Gasteiger partial charge in [0.25, 0.3) is 0 Å². The Hall–Kier alpha value is -3.00. The number of nitrogens with one attached hydrogen (secondary N) is 2. The first-order chi connectivity index (χ1) is 16.8. The van der Waals surface area contributed by atoms with Crippen molar-refractivity contribution >= 4 is 29.7 Å². The standard InChI is InChI=1S/C27H34N2O5S/c1-17(2)12-13-23(25(30)28-24(26(31)32)14-15-35-3)29-27(33)34-16-22-20-10-6-4-8-18(20)19-9-5-7-11-21(19)22/h4-11,17,22-24H,12-16H2,1-3H3,(H,28,30)(H,29,33)(H,31,32)/t23?,24-/m0/s1. The van der Waals surface area contributed by atoms with Crippen molar-refractivity contribution in [3.63, 3.8) is 0 Å². The monoisotopic (exact) mass is 498 g/mol. The number of amides is 2. The van der Waals surface area contributed by atoms with Gasteiger partial charge in [0.1, 0.15) is 18.7 Å². The van der Waals surface area contributed by atoms with Gasteiger partial charge in [0.05, 0.1) is 0 Å². The lowest BCUT2D eigenvalue weighted by molar-refractivity contribution is -0.142. The molecule has 1 unspecified atom stereocenters. The number of carbonyl (C=O) groups excluding carboxylic acids is 2. The third kappa shape index (κ3) is 7.01. The number of hydrogen-bond acceptors (Lipinski definition) is 5. The Labute approximate surface area is 211 Å². The minimum absolute atomic E-state index is 0.0842. The van der Waals surface area contributed by atoms with Crippen molar-refractivity contribution in [1.29, 1.82) is 0 Å². The van der Waals surface area contributed by atoms with Crippen LogP contribution in [0.2, 0.25) is 0 Å². The molecule has 0 aromatic heterocycles. The highest BCUT2D eigenvalue weighted by Gasteiger charge is 2.30. The van der Waals surface area contributed by atoms with Crippen LogP contribution in [0.1, 0.15) is 50.2 Å². The second kappa shape index (κ2) is 12.6. The predicted molar refractivity (Wildman–Crippen MR) is 139 cm³/mol. The number of carboxylic acids is 1. The zero-order valence-electron chi connectivity index (χ0n) is 20.5. The van der Waals surface area contributed by atoms with Gasteiger partial charge in [-0.25, -0.2) is 9.59 Å². The highest BCUT2D eigenvalue weighted by atomic mass is 32.2. The van der Waals surface area contributed by atoms with E-state index in [1.165, 1.54) is 11.8 Å². The maximum atomic E-state index is 12.9. The molecule has 1 aliphatic rings. The van der Waals surface area contributed by atoms with Gasteiger partial charge >= 0.3 is 12.1 Å². The number of carboxylic acid groups (broad SMARTS) is 1. The fourth-order valence-corrected chi connectivity index (χ4v) is 4.79. The Morgan fingerprint density at radius 3 is 2.06 bits per heavy atom. The van der Waals surface area contributed by atoms with Crippen LogP contribution < -0.4 is 10.6 Å². The molecular weight excluding hydrogens is 464 g/mol. The summed E-state index contributed by atoms with van der Waals surface area (Å²) < 4.78 is 5.59. The topological polar surface area (TPSA) is 105 Å². The van der Waals surface area contributed by atoms with Crippen molar-refractivity contribution in [2.45, 2.75) is 51.1 Å². The normalized spacial score (nSPS) is 14.1. The van der Waals surface area contributed by atoms with E-state index in [9.17, 15) is 19.5 Å². The lowest BCUT2D eigenvalue weighted by Crippen LogP contribution is -2.52. The largest absolute Gasteiger partial charge is 0.480 e. The highest BCUT2D eigenvalue weighted by Crippen LogP contribution is 2.44. The average Bonchev–Trinajstić information content (AvgIpc) is 3.16. The van der Waals surface area contributed by atoms with Crippen molar-refractivity contribution in [3.8, 4) is 11.1 Å². The van der Waals surface area contributed by atoms with Crippen molar-refractivity contribution in [1.82, 2.24) is 10.6 Å². The molecule has 7 nitrogen and oxygen atoms in total. The van der Waals surface area contributed by atoms with E-state index in [1.54, 1.807) is 0 Å². The van der Waals surface area contributed by atoms with Crippen LogP contribution in [-0.2, 0) is 14.3 Å². The third-order valence-electron chi connectivity index (χ3n) is 6.21. The van der Waals surface area contributed by atoms with Crippen LogP contribution in [0, 0.1) is 5.92 Å². The van der Waals surface area contributed by atoms with Gasteiger partial charge in [-0.2, -0.15) is 11.8 Å². The maximum absolute atomic E-state index is 12.9. The van der Waals surface area contributed by atoms with Crippen LogP contribution in [0.25, 0.3) is 11.1 Å². The SMILES string of the molecule is CSCC[C@H](NC(=O)C(CCC(C)C)NC(=O)OCC1c2ccccc2-c2ccccc21)C(=O)O. The molecule has 0 radical (unpaired) electrons. The average molecular weight is 499 g/mol. The summed E-state index contributed by atoms with van der Waals surface area (Å²) in [6, 6.07) is 14.3. The molecule has 2 aromatic rings. The van der Waals surface area contributed by atoms with Gasteiger partial charge in [0.15, 0.2) is 0 Å². The molecule has 1 aliphatic carbocycles. The number of benzene rings is 2. The van der Waals surface area contributed by atoms with Crippen LogP contribution in [0.5, 0.6) is 0 Å². The molecule has 3 rings (SSSR count). The summed E-state index contributed by atoms with van der Waals surface area (Å²) in [6.07, 6.45) is 2.59. The molecule has 0 aliphatic heterocycles. The van der Waals surface area contributed by atoms with Crippen LogP contribution in [0.4, 0.5) is 4.79 Å². The zero-order valence-corrected chi connectivity index (χ0v) is 21.3. The number of carbonyl (C=O) groups is 3. The van der Waals surface area contributed by atoms with E-state index >= 15 is 0 Å². The molecule has 0 fully saturated rings. The predicted octanol–water partition coefficient (Wildman–Crippen LogP) is 4.65. The maximum Gasteiger partial charge on any atom is 0.407 e. The molecule has 2 atom stereocenters. The van der Waals surface area contributed by atoms with Crippen LogP contribution >= 0.6 is 11.8 Å². The molecule has 35 heavy (non-hydrogen) atoms. The molecule has 8 heteroatoms. The number of alkyl carbamates (subject to hydrolysis) is 1. The summed E-state index contributed by atoms with van der Waals surface area (Å²) >= 11 is 1.51. The highest BCUT2D eigenvalue weighted by molar-refractivity contribution is 7.98. The Balaban J connectivity index is 1.65. The van der Waals surface area contributed by atoms with Gasteiger partial charge < -0.3 is 20.5 Å². The third-order valence-corrected chi connectivity index (χ3v) is 6.85. The van der Waals surface area contributed by atoms with Crippen LogP contribution in [-0.4, -0.2) is 53.8 Å². The summed E-state index contributed by atoms with van der Waals surface area (Å²) in [5.41, 5.74) is 4.48. The van der Waals surface area contributed by atoms with Gasteiger partial charge in [-0.15, -0.1) is 0 Å². The van der Waals surface area contributed by atoms with E-state index in [1.807, 2.05) is 56.5 Å². The fourth-order valence-electron chi connectivity index (χ4n) is 4.32. The van der Waals surface area contributed by atoms with Gasteiger partial charge in [-0.3, -0.25) is 4.79 Å². The molecule has 0 bridgehead atoms. The number of hydrogen-bond donors (Lipinski definition) is 3. The minimum Gasteiger partial charge on any atom is -0.480 e. The molecule has 0 spiro atoms. The first-order valence-electron chi connectivity index (χ1n) is 12.0. The van der Waals surface area contributed by atoms with E-state index in [0.29, 0.717) is 30.9 Å². The van der Waals surface area contributed by atoms with Gasteiger partial charge in [-0.1, -0.05) is 62.4 Å². The summed E-state index contributed by atoms with van der Waals surface area (Å²) in [5.74, 6) is -0.752. The van der Waals surface area contributed by atoms with Crippen LogP contribution in [0.3, 0.4) is 0 Å². The quantitative estimate of drug-likeness (QED) is 0.393. The summed E-state index contributed by atoms with van der Waals surface area (Å²) in [6.45, 7) is 4.20. The second-order valence-electron chi connectivity index (χ2n) is 9.17. The van der Waals surface area contributed by atoms with Crippen molar-refractivity contribution in [2.24, 2.45) is 5.92 Å². The number of rotatable bonds is 12. The summed E-state index contributed by atoms with van der Waals surface area (Å²) in [7, 11) is 0. The van der Waals surface area contributed by atoms with Crippen LogP contribution in [0.15, 0.2) is 48.5 Å². The minimum atomic E-state index is -1.09. The Morgan fingerprint density at radius 2 is 1.51 bits per heavy atom. The van der Waals surface area contributed by atoms with Gasteiger partial charge in [0, 0.05) is 5.92 Å². The molecule has 2 aromatic carbocycles. The first-order valence-corrected chi connectivity index (χ1v) is 13.3. The Bertz CT molecular complexity index is 996. The fraction of sp³-hybridized carbons (Fsp3) is 0.444. The smallest absolute Gasteiger partial charge is 0.407 e. The molecule has 0 heterocycles. The van der Waals surface area contributed by atoms with Gasteiger partial charge in [-0.05, 0) is 59.4 Å². The number of thioether (sulfide) groups is 1. The molecular formula is C27H34N2O5S. The Kier molecular flexibility index (Phi) is 9.60. The zero-order chi connectivity index (χ0) is 25.4. The van der Waals surface area contributed by atoms with E-state index in [-0.39, 0.29) is 12.5 Å². The molecule has 188 valence electrons. The first kappa shape index (κ1) is 26.6. The van der Waals surface area contributed by atoms with E-state index in [2.05, 4.69) is 22.8 Å². The Morgan fingerprint density at radius 1 is 0.914 bits per heavy atom. The molecule has 0 saturated heterocycles. The number of aliphatic carboxylic acids is 1. The van der Waals surface area contributed by atoms with Crippen molar-refractivity contribution in [3.05, 3.63) is 59.7 Å². The van der Waals surface area contributed by atoms with Crippen molar-refractivity contribution < 1.29 is 24.2 Å². The lowest BCUT2D eigenvalue weighted by Gasteiger charge is -2.22.